The van der Waals surface area contributed by atoms with Gasteiger partial charge < -0.3 is 20.3 Å². The van der Waals surface area contributed by atoms with Gasteiger partial charge in [-0.3, -0.25) is 0 Å². The number of nitrogens with one attached hydrogen (secondary N) is 2. The van der Waals surface area contributed by atoms with Gasteiger partial charge >= 0.3 is 0 Å². The molecular formula is C19H21ClFN3OS. The molecule has 4 nitrogen and oxygen atoms in total. The van der Waals surface area contributed by atoms with Crippen molar-refractivity contribution in [3.8, 4) is 5.75 Å². The number of nitrogens with zero attached hydrogens (tertiary/aromatic N) is 1. The molecule has 0 radical (unpaired) electrons. The maximum Gasteiger partial charge on any atom is 0.170 e. The maximum atomic E-state index is 13.2. The van der Waals surface area contributed by atoms with E-state index in [9.17, 15) is 4.39 Å². The third-order valence-corrected chi connectivity index (χ3v) is 4.99. The van der Waals surface area contributed by atoms with Gasteiger partial charge in [-0.05, 0) is 67.0 Å². The average molecular weight is 394 g/mol. The summed E-state index contributed by atoms with van der Waals surface area (Å²) in [6.07, 6.45) is 1.10. The molecule has 1 unspecified atom stereocenters. The van der Waals surface area contributed by atoms with Crippen molar-refractivity contribution >= 4 is 40.3 Å². The Hall–Kier alpha value is -2.05. The van der Waals surface area contributed by atoms with Crippen LogP contribution < -0.4 is 20.3 Å². The molecule has 0 saturated carbocycles. The van der Waals surface area contributed by atoms with Crippen LogP contribution >= 0.6 is 23.8 Å². The highest BCUT2D eigenvalue weighted by molar-refractivity contribution is 7.80. The lowest BCUT2D eigenvalue weighted by Crippen LogP contribution is -2.34. The van der Waals surface area contributed by atoms with Crippen LogP contribution in [0.3, 0.4) is 0 Å². The number of ether oxygens (including phenoxy) is 1. The van der Waals surface area contributed by atoms with Crippen LogP contribution in [-0.4, -0.2) is 31.9 Å². The lowest BCUT2D eigenvalue weighted by atomic mass is 10.1. The van der Waals surface area contributed by atoms with Crippen molar-refractivity contribution in [3.63, 3.8) is 0 Å². The fourth-order valence-electron chi connectivity index (χ4n) is 3.01. The summed E-state index contributed by atoms with van der Waals surface area (Å²) < 4.78 is 18.4. The fraction of sp³-hybridized carbons (Fsp3) is 0.316. The van der Waals surface area contributed by atoms with E-state index >= 15 is 0 Å². The summed E-state index contributed by atoms with van der Waals surface area (Å²) in [5.41, 5.74) is 1.87. The molecule has 1 aliphatic heterocycles. The molecular weight excluding hydrogens is 373 g/mol. The molecule has 0 spiro atoms. The minimum Gasteiger partial charge on any atom is -0.497 e. The summed E-state index contributed by atoms with van der Waals surface area (Å²) in [7, 11) is 1.67. The van der Waals surface area contributed by atoms with Crippen LogP contribution in [-0.2, 0) is 0 Å². The van der Waals surface area contributed by atoms with E-state index in [1.807, 2.05) is 12.1 Å². The second-order valence-corrected chi connectivity index (χ2v) is 7.08. The smallest absolute Gasteiger partial charge is 0.170 e. The summed E-state index contributed by atoms with van der Waals surface area (Å²) in [5.74, 6) is 0.929. The van der Waals surface area contributed by atoms with Crippen LogP contribution in [0.4, 0.5) is 15.8 Å². The van der Waals surface area contributed by atoms with Gasteiger partial charge in [0.25, 0.3) is 0 Å². The zero-order chi connectivity index (χ0) is 18.5. The molecule has 1 heterocycles. The Morgan fingerprint density at radius 3 is 2.77 bits per heavy atom. The van der Waals surface area contributed by atoms with Crippen molar-refractivity contribution in [3.05, 3.63) is 53.3 Å². The van der Waals surface area contributed by atoms with E-state index in [2.05, 4.69) is 27.7 Å². The second-order valence-electron chi connectivity index (χ2n) is 6.26. The molecule has 7 heteroatoms. The minimum atomic E-state index is -0.444. The van der Waals surface area contributed by atoms with Gasteiger partial charge in [0.15, 0.2) is 5.11 Å². The van der Waals surface area contributed by atoms with Gasteiger partial charge in [0.05, 0.1) is 12.1 Å². The average Bonchev–Trinajstić information content (AvgIpc) is 3.12. The Kier molecular flexibility index (Phi) is 6.16. The first kappa shape index (κ1) is 18.7. The quantitative estimate of drug-likeness (QED) is 0.741. The zero-order valence-corrected chi connectivity index (χ0v) is 16.0. The monoisotopic (exact) mass is 393 g/mol. The third kappa shape index (κ3) is 4.77. The molecule has 0 aromatic heterocycles. The van der Waals surface area contributed by atoms with Crippen molar-refractivity contribution < 1.29 is 9.13 Å². The number of anilines is 2. The first-order valence-electron chi connectivity index (χ1n) is 8.44. The summed E-state index contributed by atoms with van der Waals surface area (Å²) in [5, 5.41) is 6.85. The number of thiocarbonyl (C=S) groups is 1. The minimum absolute atomic E-state index is 0.0729. The van der Waals surface area contributed by atoms with Crippen LogP contribution in [0.25, 0.3) is 0 Å². The van der Waals surface area contributed by atoms with Gasteiger partial charge in [0, 0.05) is 31.0 Å². The predicted molar refractivity (Wildman–Crippen MR) is 109 cm³/mol. The van der Waals surface area contributed by atoms with Gasteiger partial charge in [0.2, 0.25) is 0 Å². The van der Waals surface area contributed by atoms with E-state index in [-0.39, 0.29) is 5.02 Å². The molecule has 0 amide bonds. The molecule has 1 aliphatic rings. The standard InChI is InChI=1S/C19H21ClFN3OS/c1-25-16-5-3-15(4-6-16)24-9-8-13(12-24)11-22-19(26)23-14-2-7-18(21)17(20)10-14/h2-7,10,13H,8-9,11-12H2,1H3,(H2,22,23,26). The first-order valence-corrected chi connectivity index (χ1v) is 9.22. The summed E-state index contributed by atoms with van der Waals surface area (Å²) in [4.78, 5) is 2.36. The number of hydrogen-bond donors (Lipinski definition) is 2. The van der Waals surface area contributed by atoms with Crippen molar-refractivity contribution in [2.45, 2.75) is 6.42 Å². The van der Waals surface area contributed by atoms with Crippen molar-refractivity contribution in [2.24, 2.45) is 5.92 Å². The van der Waals surface area contributed by atoms with Crippen LogP contribution in [0.1, 0.15) is 6.42 Å². The summed E-state index contributed by atoms with van der Waals surface area (Å²) in [6.45, 7) is 2.78. The number of rotatable bonds is 5. The lowest BCUT2D eigenvalue weighted by Gasteiger charge is -2.19. The van der Waals surface area contributed by atoms with Crippen LogP contribution in [0.15, 0.2) is 42.5 Å². The van der Waals surface area contributed by atoms with Gasteiger partial charge in [0.1, 0.15) is 11.6 Å². The number of methoxy groups -OCH3 is 1. The van der Waals surface area contributed by atoms with E-state index in [1.165, 1.54) is 17.8 Å². The molecule has 2 aromatic carbocycles. The molecule has 3 rings (SSSR count). The number of hydrogen-bond acceptors (Lipinski definition) is 3. The Morgan fingerprint density at radius 2 is 2.08 bits per heavy atom. The molecule has 1 saturated heterocycles. The molecule has 138 valence electrons. The highest BCUT2D eigenvalue weighted by Gasteiger charge is 2.22. The fourth-order valence-corrected chi connectivity index (χ4v) is 3.39. The normalized spacial score (nSPS) is 16.4. The molecule has 1 atom stereocenters. The van der Waals surface area contributed by atoms with E-state index in [0.29, 0.717) is 16.7 Å². The van der Waals surface area contributed by atoms with Crippen molar-refractivity contribution in [2.75, 3.05) is 37.0 Å². The summed E-state index contributed by atoms with van der Waals surface area (Å²) in [6, 6.07) is 12.6. The summed E-state index contributed by atoms with van der Waals surface area (Å²) >= 11 is 11.1. The molecule has 26 heavy (non-hydrogen) atoms. The van der Waals surface area contributed by atoms with E-state index < -0.39 is 5.82 Å². The topological polar surface area (TPSA) is 36.5 Å². The largest absolute Gasteiger partial charge is 0.497 e. The zero-order valence-electron chi connectivity index (χ0n) is 14.5. The van der Waals surface area contributed by atoms with Gasteiger partial charge in [-0.15, -0.1) is 0 Å². The molecule has 1 fully saturated rings. The maximum absolute atomic E-state index is 13.2. The molecule has 2 aromatic rings. The van der Waals surface area contributed by atoms with Crippen molar-refractivity contribution in [1.82, 2.24) is 5.32 Å². The van der Waals surface area contributed by atoms with E-state index in [0.717, 1.165) is 31.8 Å². The van der Waals surface area contributed by atoms with Gasteiger partial charge in [-0.1, -0.05) is 11.6 Å². The Balaban J connectivity index is 1.46. The third-order valence-electron chi connectivity index (χ3n) is 4.45. The number of halogens is 2. The highest BCUT2D eigenvalue weighted by atomic mass is 35.5. The SMILES string of the molecule is COc1ccc(N2CCC(CNC(=S)Nc3ccc(F)c(Cl)c3)C2)cc1. The van der Waals surface area contributed by atoms with Crippen LogP contribution in [0.5, 0.6) is 5.75 Å². The van der Waals surface area contributed by atoms with E-state index in [1.54, 1.807) is 13.2 Å². The van der Waals surface area contributed by atoms with E-state index in [4.69, 9.17) is 28.6 Å². The number of benzene rings is 2. The first-order chi connectivity index (χ1) is 12.5. The molecule has 0 aliphatic carbocycles. The molecule has 0 bridgehead atoms. The Labute approximate surface area is 163 Å². The van der Waals surface area contributed by atoms with Crippen LogP contribution in [0, 0.1) is 11.7 Å². The molecule has 2 N–H and O–H groups in total. The predicted octanol–water partition coefficient (Wildman–Crippen LogP) is 4.30. The van der Waals surface area contributed by atoms with Gasteiger partial charge in [-0.2, -0.15) is 0 Å². The lowest BCUT2D eigenvalue weighted by molar-refractivity contribution is 0.415. The van der Waals surface area contributed by atoms with Gasteiger partial charge in [-0.25, -0.2) is 4.39 Å². The Bertz CT molecular complexity index is 772. The second kappa shape index (κ2) is 8.56. The van der Waals surface area contributed by atoms with Crippen LogP contribution in [0.2, 0.25) is 5.02 Å². The Morgan fingerprint density at radius 1 is 1.31 bits per heavy atom. The van der Waals surface area contributed by atoms with Crippen molar-refractivity contribution in [1.29, 1.82) is 0 Å². The highest BCUT2D eigenvalue weighted by Crippen LogP contribution is 2.25.